The van der Waals surface area contributed by atoms with Crippen molar-refractivity contribution in [3.63, 3.8) is 0 Å². The average molecular weight is 473 g/mol. The summed E-state index contributed by atoms with van der Waals surface area (Å²) in [4.78, 5) is 9.09. The van der Waals surface area contributed by atoms with Gasteiger partial charge >= 0.3 is 0 Å². The van der Waals surface area contributed by atoms with Crippen molar-refractivity contribution in [3.8, 4) is 0 Å². The fourth-order valence-corrected chi connectivity index (χ4v) is 9.13. The number of allylic oxidation sites excluding steroid dienone is 2. The number of hydrogen-bond acceptors (Lipinski definition) is 3. The molecule has 3 nitrogen and oxygen atoms in total. The number of aryl methyl sites for hydroxylation is 1. The van der Waals surface area contributed by atoms with Gasteiger partial charge in [-0.1, -0.05) is 26.0 Å². The van der Waals surface area contributed by atoms with Crippen molar-refractivity contribution in [2.24, 2.45) is 34.5 Å². The lowest BCUT2D eigenvalue weighted by atomic mass is 9.44. The van der Waals surface area contributed by atoms with Crippen molar-refractivity contribution in [1.82, 2.24) is 9.97 Å². The van der Waals surface area contributed by atoms with Gasteiger partial charge in [-0.3, -0.25) is 0 Å². The molecule has 0 aliphatic heterocycles. The molecule has 1 aromatic heterocycles. The number of hydrogen-bond donors (Lipinski definition) is 0. The minimum atomic E-state index is -0.0259. The number of aromatic nitrogens is 2. The van der Waals surface area contributed by atoms with Crippen molar-refractivity contribution in [1.29, 1.82) is 0 Å². The van der Waals surface area contributed by atoms with E-state index in [-0.39, 0.29) is 5.60 Å². The third kappa shape index (κ3) is 3.88. The molecule has 0 saturated heterocycles. The van der Waals surface area contributed by atoms with E-state index in [1.54, 1.807) is 5.57 Å². The Morgan fingerprint density at radius 1 is 1.00 bits per heavy atom. The van der Waals surface area contributed by atoms with Crippen LogP contribution in [0.3, 0.4) is 0 Å². The smallest absolute Gasteiger partial charge is 0.125 e. The molecule has 35 heavy (non-hydrogen) atoms. The topological polar surface area (TPSA) is 35.0 Å². The van der Waals surface area contributed by atoms with Crippen molar-refractivity contribution >= 4 is 16.5 Å². The molecular formula is C32H44N2O. The van der Waals surface area contributed by atoms with Gasteiger partial charge in [0.2, 0.25) is 0 Å². The van der Waals surface area contributed by atoms with Gasteiger partial charge in [-0.25, -0.2) is 9.97 Å². The van der Waals surface area contributed by atoms with Gasteiger partial charge in [0.05, 0.1) is 17.2 Å². The normalized spacial score (nSPS) is 39.0. The Kier molecular flexibility index (Phi) is 5.49. The Labute approximate surface area is 212 Å². The largest absolute Gasteiger partial charge is 0.373 e. The van der Waals surface area contributed by atoms with Crippen molar-refractivity contribution in [2.75, 3.05) is 0 Å². The molecule has 7 atom stereocenters. The zero-order valence-electron chi connectivity index (χ0n) is 22.7. The molecule has 0 unspecified atom stereocenters. The molecule has 0 N–H and O–H groups in total. The first-order valence-corrected chi connectivity index (χ1v) is 14.2. The predicted octanol–water partition coefficient (Wildman–Crippen LogP) is 8.16. The maximum atomic E-state index is 6.48. The summed E-state index contributed by atoms with van der Waals surface area (Å²) in [5.41, 5.74) is 4.83. The number of rotatable bonds is 2. The van der Waals surface area contributed by atoms with Gasteiger partial charge in [0.15, 0.2) is 0 Å². The van der Waals surface area contributed by atoms with E-state index in [1.165, 1.54) is 56.9 Å². The zero-order valence-corrected chi connectivity index (χ0v) is 22.7. The highest BCUT2D eigenvalue weighted by atomic mass is 16.5. The van der Waals surface area contributed by atoms with Crippen LogP contribution in [0.15, 0.2) is 30.5 Å². The Morgan fingerprint density at radius 2 is 1.83 bits per heavy atom. The third-order valence-electron chi connectivity index (χ3n) is 10.7. The van der Waals surface area contributed by atoms with Crippen LogP contribution in [0.25, 0.3) is 16.5 Å². The first kappa shape index (κ1) is 23.6. The highest BCUT2D eigenvalue weighted by Gasteiger charge is 2.58. The van der Waals surface area contributed by atoms with E-state index in [1.807, 2.05) is 13.1 Å². The first-order chi connectivity index (χ1) is 16.6. The zero-order chi connectivity index (χ0) is 24.6. The summed E-state index contributed by atoms with van der Waals surface area (Å²) in [5, 5.41) is 1.16. The molecule has 0 spiro atoms. The lowest BCUT2D eigenvalue weighted by Gasteiger charge is -2.61. The van der Waals surface area contributed by atoms with Crippen LogP contribution in [0.5, 0.6) is 0 Å². The lowest BCUT2D eigenvalue weighted by molar-refractivity contribution is -0.148. The summed E-state index contributed by atoms with van der Waals surface area (Å²) in [5.74, 6) is 4.24. The van der Waals surface area contributed by atoms with Gasteiger partial charge in [0, 0.05) is 11.6 Å². The number of fused-ring (bicyclic) bond motifs is 6. The van der Waals surface area contributed by atoms with E-state index in [9.17, 15) is 0 Å². The molecular weight excluding hydrogens is 428 g/mol. The van der Waals surface area contributed by atoms with Crippen molar-refractivity contribution < 1.29 is 4.74 Å². The van der Waals surface area contributed by atoms with Gasteiger partial charge in [-0.15, -0.1) is 0 Å². The van der Waals surface area contributed by atoms with E-state index in [2.05, 4.69) is 68.9 Å². The summed E-state index contributed by atoms with van der Waals surface area (Å²) in [7, 11) is 0. The summed E-state index contributed by atoms with van der Waals surface area (Å²) in [6.07, 6.45) is 15.7. The van der Waals surface area contributed by atoms with Crippen LogP contribution in [-0.2, 0) is 4.74 Å². The molecule has 0 amide bonds. The van der Waals surface area contributed by atoms with Crippen LogP contribution in [0.4, 0.5) is 0 Å². The van der Waals surface area contributed by atoms with E-state index < -0.39 is 0 Å². The summed E-state index contributed by atoms with van der Waals surface area (Å²) >= 11 is 0. The second-order valence-corrected chi connectivity index (χ2v) is 13.8. The number of nitrogens with zero attached hydrogens (tertiary/aromatic N) is 2. The summed E-state index contributed by atoms with van der Waals surface area (Å²) in [6.45, 7) is 13.9. The summed E-state index contributed by atoms with van der Waals surface area (Å²) < 4.78 is 6.48. The van der Waals surface area contributed by atoms with Crippen molar-refractivity contribution in [3.05, 3.63) is 41.9 Å². The SMILES string of the molecule is Cc1ncc2cc(C3=CC[C@H]4[C@@H]5CC[C@H]6C[C@H](OC(C)(C)C)CC[C@]6(C)[C@H]5CC[C@]34C)ccc2n1. The lowest BCUT2D eigenvalue weighted by Crippen LogP contribution is -2.54. The average Bonchev–Trinajstić information content (AvgIpc) is 3.15. The van der Waals surface area contributed by atoms with E-state index in [4.69, 9.17) is 4.74 Å². The quantitative estimate of drug-likeness (QED) is 0.442. The van der Waals surface area contributed by atoms with Crippen LogP contribution in [0, 0.1) is 41.4 Å². The Hall–Kier alpha value is -1.74. The molecule has 2 aromatic rings. The molecule has 0 radical (unpaired) electrons. The standard InChI is InChI=1S/C32H44N2O/c1-20-33-19-22-17-21(7-12-29(22)34-20)26-10-11-27-25-9-8-23-18-24(35-30(2,3)4)13-15-31(23,5)28(25)14-16-32(26,27)6/h7,10,12,17,19,23-25,27-28H,8-9,11,13-16,18H2,1-6H3/t23-,24+,25-,27-,28-,31-,32+/m0/s1. The fourth-order valence-electron chi connectivity index (χ4n) is 9.13. The van der Waals surface area contributed by atoms with Crippen LogP contribution in [0.2, 0.25) is 0 Å². The van der Waals surface area contributed by atoms with Gasteiger partial charge in [0.1, 0.15) is 5.82 Å². The molecule has 188 valence electrons. The summed E-state index contributed by atoms with van der Waals surface area (Å²) in [6, 6.07) is 6.86. The van der Waals surface area contributed by atoms with E-state index in [0.717, 1.165) is 40.4 Å². The van der Waals surface area contributed by atoms with Crippen LogP contribution >= 0.6 is 0 Å². The molecule has 0 bridgehead atoms. The number of benzene rings is 1. The second-order valence-electron chi connectivity index (χ2n) is 13.8. The van der Waals surface area contributed by atoms with E-state index in [0.29, 0.717) is 16.9 Å². The van der Waals surface area contributed by atoms with Crippen LogP contribution in [-0.4, -0.2) is 21.7 Å². The second kappa shape index (κ2) is 8.13. The first-order valence-electron chi connectivity index (χ1n) is 14.2. The monoisotopic (exact) mass is 472 g/mol. The van der Waals surface area contributed by atoms with Gasteiger partial charge in [-0.2, -0.15) is 0 Å². The molecule has 1 aromatic carbocycles. The van der Waals surface area contributed by atoms with Crippen molar-refractivity contribution in [2.45, 2.75) is 105 Å². The number of ether oxygens (including phenoxy) is 1. The highest BCUT2D eigenvalue weighted by Crippen LogP contribution is 2.67. The predicted molar refractivity (Wildman–Crippen MR) is 144 cm³/mol. The highest BCUT2D eigenvalue weighted by molar-refractivity contribution is 5.84. The maximum Gasteiger partial charge on any atom is 0.125 e. The minimum absolute atomic E-state index is 0.0259. The Bertz CT molecular complexity index is 1160. The molecule has 3 heteroatoms. The molecule has 3 fully saturated rings. The maximum absolute atomic E-state index is 6.48. The van der Waals surface area contributed by atoms with Gasteiger partial charge in [0.25, 0.3) is 0 Å². The van der Waals surface area contributed by atoms with E-state index >= 15 is 0 Å². The fraction of sp³-hybridized carbons (Fsp3) is 0.688. The molecule has 3 saturated carbocycles. The Balaban J connectivity index is 1.23. The van der Waals surface area contributed by atoms with Gasteiger partial charge in [-0.05, 0) is 137 Å². The molecule has 1 heterocycles. The molecule has 4 aliphatic carbocycles. The van der Waals surface area contributed by atoms with Crippen LogP contribution in [0.1, 0.15) is 97.4 Å². The Morgan fingerprint density at radius 3 is 2.63 bits per heavy atom. The third-order valence-corrected chi connectivity index (χ3v) is 10.7. The van der Waals surface area contributed by atoms with Gasteiger partial charge < -0.3 is 4.74 Å². The molecule has 4 aliphatic rings. The van der Waals surface area contributed by atoms with Crippen LogP contribution < -0.4 is 0 Å². The minimum Gasteiger partial charge on any atom is -0.373 e. The molecule has 6 rings (SSSR count).